The maximum absolute atomic E-state index is 13.1. The van der Waals surface area contributed by atoms with Gasteiger partial charge in [-0.25, -0.2) is 12.7 Å². The third kappa shape index (κ3) is 3.28. The highest BCUT2D eigenvalue weighted by atomic mass is 32.2. The fourth-order valence-electron chi connectivity index (χ4n) is 6.35. The number of benzene rings is 1. The Morgan fingerprint density at radius 3 is 2.14 bits per heavy atom. The quantitative estimate of drug-likeness (QED) is 0.816. The van der Waals surface area contributed by atoms with Gasteiger partial charge >= 0.3 is 0 Å². The molecule has 4 aliphatic carbocycles. The molecular formula is C22H32N2O3S. The second kappa shape index (κ2) is 6.84. The molecule has 4 saturated carbocycles. The van der Waals surface area contributed by atoms with E-state index in [0.29, 0.717) is 5.56 Å². The van der Waals surface area contributed by atoms with Gasteiger partial charge in [0.15, 0.2) is 0 Å². The fourth-order valence-corrected chi connectivity index (χ4v) is 7.28. The number of sulfonamides is 1. The maximum Gasteiger partial charge on any atom is 0.251 e. The summed E-state index contributed by atoms with van der Waals surface area (Å²) in [4.78, 5) is 13.3. The van der Waals surface area contributed by atoms with Gasteiger partial charge in [-0.2, -0.15) is 0 Å². The first kappa shape index (κ1) is 19.9. The van der Waals surface area contributed by atoms with E-state index in [-0.39, 0.29) is 22.3 Å². The molecule has 4 aliphatic rings. The van der Waals surface area contributed by atoms with Crippen LogP contribution in [0.1, 0.15) is 61.4 Å². The minimum absolute atomic E-state index is 0.113. The van der Waals surface area contributed by atoms with E-state index in [2.05, 4.69) is 12.2 Å². The van der Waals surface area contributed by atoms with Gasteiger partial charge in [0.25, 0.3) is 5.91 Å². The lowest BCUT2D eigenvalue weighted by molar-refractivity contribution is -0.0688. The normalized spacial score (nSPS) is 32.5. The summed E-state index contributed by atoms with van der Waals surface area (Å²) in [5.74, 6) is 2.35. The monoisotopic (exact) mass is 404 g/mol. The van der Waals surface area contributed by atoms with Gasteiger partial charge in [0, 0.05) is 25.7 Å². The van der Waals surface area contributed by atoms with Crippen LogP contribution in [0.5, 0.6) is 0 Å². The number of rotatable bonds is 5. The molecule has 1 aromatic carbocycles. The van der Waals surface area contributed by atoms with Crippen molar-refractivity contribution in [2.24, 2.45) is 23.2 Å². The second-order valence-electron chi connectivity index (χ2n) is 9.74. The van der Waals surface area contributed by atoms with Gasteiger partial charge in [-0.15, -0.1) is 0 Å². The number of nitrogens with zero attached hydrogens (tertiary/aromatic N) is 1. The lowest BCUT2D eigenvalue weighted by Crippen LogP contribution is -2.55. The highest BCUT2D eigenvalue weighted by molar-refractivity contribution is 7.89. The van der Waals surface area contributed by atoms with Crippen LogP contribution >= 0.6 is 0 Å². The van der Waals surface area contributed by atoms with Crippen molar-refractivity contribution in [2.45, 2.75) is 63.3 Å². The van der Waals surface area contributed by atoms with E-state index in [1.54, 1.807) is 12.1 Å². The van der Waals surface area contributed by atoms with E-state index >= 15 is 0 Å². The predicted molar refractivity (Wildman–Crippen MR) is 110 cm³/mol. The first-order valence-electron chi connectivity index (χ1n) is 10.4. The smallest absolute Gasteiger partial charge is 0.251 e. The Morgan fingerprint density at radius 1 is 1.11 bits per heavy atom. The van der Waals surface area contributed by atoms with E-state index in [1.165, 1.54) is 63.0 Å². The van der Waals surface area contributed by atoms with E-state index in [9.17, 15) is 13.2 Å². The summed E-state index contributed by atoms with van der Waals surface area (Å²) in [6, 6.07) is 4.93. The Hall–Kier alpha value is -1.40. The predicted octanol–water partition coefficient (Wildman–Crippen LogP) is 3.58. The van der Waals surface area contributed by atoms with Crippen LogP contribution in [0.2, 0.25) is 0 Å². The van der Waals surface area contributed by atoms with E-state index in [0.717, 1.165) is 23.3 Å². The number of carbonyl (C=O) groups is 1. The van der Waals surface area contributed by atoms with Crippen LogP contribution in [-0.4, -0.2) is 38.8 Å². The van der Waals surface area contributed by atoms with Crippen molar-refractivity contribution < 1.29 is 13.2 Å². The molecule has 1 amide bonds. The number of carbonyl (C=O) groups excluding carboxylic acids is 1. The van der Waals surface area contributed by atoms with Crippen molar-refractivity contribution in [3.63, 3.8) is 0 Å². The van der Waals surface area contributed by atoms with Crippen molar-refractivity contribution in [1.29, 1.82) is 0 Å². The van der Waals surface area contributed by atoms with Crippen LogP contribution in [0.3, 0.4) is 0 Å². The summed E-state index contributed by atoms with van der Waals surface area (Å²) in [5.41, 5.74) is 1.48. The highest BCUT2D eigenvalue weighted by Gasteiger charge is 2.53. The summed E-state index contributed by atoms with van der Waals surface area (Å²) in [6.45, 7) is 4.01. The summed E-state index contributed by atoms with van der Waals surface area (Å²) < 4.78 is 26.1. The first-order valence-corrected chi connectivity index (χ1v) is 11.9. The molecule has 0 saturated heterocycles. The Balaban J connectivity index is 1.56. The third-order valence-electron chi connectivity index (χ3n) is 7.58. The molecule has 1 atom stereocenters. The zero-order chi connectivity index (χ0) is 20.3. The van der Waals surface area contributed by atoms with Gasteiger partial charge < -0.3 is 5.32 Å². The second-order valence-corrected chi connectivity index (χ2v) is 11.9. The number of aryl methyl sites for hydroxylation is 1. The number of amides is 1. The number of hydrogen-bond acceptors (Lipinski definition) is 3. The highest BCUT2D eigenvalue weighted by Crippen LogP contribution is 2.61. The minimum atomic E-state index is -3.56. The Labute approximate surface area is 168 Å². The first-order chi connectivity index (χ1) is 13.1. The fraction of sp³-hybridized carbons (Fsp3) is 0.682. The molecule has 1 aromatic rings. The van der Waals surface area contributed by atoms with Crippen molar-refractivity contribution in [2.75, 3.05) is 14.1 Å². The van der Waals surface area contributed by atoms with Gasteiger partial charge in [-0.3, -0.25) is 4.79 Å². The molecule has 4 fully saturated rings. The van der Waals surface area contributed by atoms with E-state index in [1.807, 2.05) is 6.92 Å². The van der Waals surface area contributed by atoms with Gasteiger partial charge in [0.1, 0.15) is 0 Å². The average Bonchev–Trinajstić information content (AvgIpc) is 2.60. The van der Waals surface area contributed by atoms with Gasteiger partial charge in [-0.1, -0.05) is 6.07 Å². The van der Waals surface area contributed by atoms with Gasteiger partial charge in [0.05, 0.1) is 4.90 Å². The third-order valence-corrected chi connectivity index (χ3v) is 9.40. The molecule has 0 unspecified atom stereocenters. The molecule has 0 radical (unpaired) electrons. The van der Waals surface area contributed by atoms with Gasteiger partial charge in [-0.05, 0) is 93.2 Å². The molecule has 5 rings (SSSR count). The Morgan fingerprint density at radius 2 is 1.64 bits per heavy atom. The van der Waals surface area contributed by atoms with Crippen LogP contribution < -0.4 is 5.32 Å². The lowest BCUT2D eigenvalue weighted by Gasteiger charge is -2.59. The zero-order valence-electron chi connectivity index (χ0n) is 17.4. The van der Waals surface area contributed by atoms with E-state index in [4.69, 9.17) is 0 Å². The van der Waals surface area contributed by atoms with Crippen molar-refractivity contribution in [3.05, 3.63) is 29.3 Å². The molecule has 4 bridgehead atoms. The molecule has 0 heterocycles. The average molecular weight is 405 g/mol. The van der Waals surface area contributed by atoms with Crippen molar-refractivity contribution in [1.82, 2.24) is 9.62 Å². The topological polar surface area (TPSA) is 66.5 Å². The van der Waals surface area contributed by atoms with Crippen LogP contribution in [0, 0.1) is 30.1 Å². The molecule has 1 N–H and O–H groups in total. The van der Waals surface area contributed by atoms with Crippen LogP contribution in [0.15, 0.2) is 23.1 Å². The van der Waals surface area contributed by atoms with Crippen molar-refractivity contribution in [3.8, 4) is 0 Å². The minimum Gasteiger partial charge on any atom is -0.349 e. The number of nitrogens with one attached hydrogen (secondary N) is 1. The molecule has 0 spiro atoms. The molecular weight excluding hydrogens is 372 g/mol. The summed E-state index contributed by atoms with van der Waals surface area (Å²) in [6.07, 6.45) is 7.83. The summed E-state index contributed by atoms with van der Waals surface area (Å²) >= 11 is 0. The molecule has 154 valence electrons. The van der Waals surface area contributed by atoms with Gasteiger partial charge in [0.2, 0.25) is 10.0 Å². The largest absolute Gasteiger partial charge is 0.349 e. The molecule has 6 heteroatoms. The summed E-state index contributed by atoms with van der Waals surface area (Å²) in [5, 5.41) is 3.25. The molecule has 28 heavy (non-hydrogen) atoms. The molecule has 5 nitrogen and oxygen atoms in total. The standard InChI is InChI=1S/C22H32N2O3S/c1-14-5-6-19(28(26,27)24(3)4)10-20(14)21(25)23-15(2)22-11-16-7-17(12-22)9-18(8-16)13-22/h5-6,10,15-18H,7-9,11-13H2,1-4H3,(H,23,25)/t15-,16?,17?,18?,22?/m0/s1. The SMILES string of the molecule is Cc1ccc(S(=O)(=O)N(C)C)cc1C(=O)N[C@@H](C)C12CC3CC(CC(C3)C1)C2. The van der Waals surface area contributed by atoms with Crippen LogP contribution in [-0.2, 0) is 10.0 Å². The molecule has 0 aromatic heterocycles. The summed E-state index contributed by atoms with van der Waals surface area (Å²) in [7, 11) is -0.554. The Bertz CT molecular complexity index is 856. The van der Waals surface area contributed by atoms with E-state index < -0.39 is 10.0 Å². The van der Waals surface area contributed by atoms with Crippen LogP contribution in [0.4, 0.5) is 0 Å². The lowest BCUT2D eigenvalue weighted by atomic mass is 9.48. The maximum atomic E-state index is 13.1. The number of hydrogen-bond donors (Lipinski definition) is 1. The molecule has 0 aliphatic heterocycles. The van der Waals surface area contributed by atoms with Crippen molar-refractivity contribution >= 4 is 15.9 Å². The van der Waals surface area contributed by atoms with Crippen LogP contribution in [0.25, 0.3) is 0 Å². The Kier molecular flexibility index (Phi) is 4.86. The zero-order valence-corrected chi connectivity index (χ0v) is 18.2.